The Bertz CT molecular complexity index is 1390. The van der Waals surface area contributed by atoms with Gasteiger partial charge in [0.1, 0.15) is 19.3 Å². The van der Waals surface area contributed by atoms with Gasteiger partial charge in [-0.1, -0.05) is 84.9 Å². The van der Waals surface area contributed by atoms with Crippen LogP contribution in [0.5, 0.6) is 0 Å². The number of alkyl carbamates (subject to hydrolysis) is 1. The minimum absolute atomic E-state index is 0.0157. The van der Waals surface area contributed by atoms with Crippen molar-refractivity contribution in [3.8, 4) is 0 Å². The number of carbonyl (C=O) groups is 4. The summed E-state index contributed by atoms with van der Waals surface area (Å²) in [7, 11) is 0. The van der Waals surface area contributed by atoms with Gasteiger partial charge in [0, 0.05) is 26.1 Å². The van der Waals surface area contributed by atoms with Crippen LogP contribution in [-0.2, 0) is 50.0 Å². The van der Waals surface area contributed by atoms with Gasteiger partial charge in [-0.25, -0.2) is 4.79 Å². The summed E-state index contributed by atoms with van der Waals surface area (Å²) in [6.07, 6.45) is 2.33. The van der Waals surface area contributed by atoms with Crippen LogP contribution >= 0.6 is 0 Å². The van der Waals surface area contributed by atoms with Crippen LogP contribution in [0.3, 0.4) is 0 Å². The van der Waals surface area contributed by atoms with Crippen molar-refractivity contribution in [3.05, 3.63) is 107 Å². The minimum atomic E-state index is -0.887. The molecular formula is C35H42N4O6. The summed E-state index contributed by atoms with van der Waals surface area (Å²) >= 11 is 0. The molecular weight excluding hydrogens is 572 g/mol. The molecule has 1 aliphatic heterocycles. The quantitative estimate of drug-likeness (QED) is 0.142. The topological polar surface area (TPSA) is 135 Å². The van der Waals surface area contributed by atoms with Crippen LogP contribution in [0.25, 0.3) is 0 Å². The normalized spacial score (nSPS) is 14.4. The zero-order valence-electron chi connectivity index (χ0n) is 25.5. The van der Waals surface area contributed by atoms with Gasteiger partial charge in [-0.3, -0.25) is 14.4 Å². The van der Waals surface area contributed by atoms with Gasteiger partial charge in [0.25, 0.3) is 0 Å². The van der Waals surface area contributed by atoms with E-state index in [1.807, 2.05) is 84.9 Å². The third-order valence-corrected chi connectivity index (χ3v) is 7.55. The predicted molar refractivity (Wildman–Crippen MR) is 170 cm³/mol. The molecule has 0 bridgehead atoms. The summed E-state index contributed by atoms with van der Waals surface area (Å²) in [5.41, 5.74) is 4.04. The Balaban J connectivity index is 1.19. The first-order valence-corrected chi connectivity index (χ1v) is 15.5. The fourth-order valence-corrected chi connectivity index (χ4v) is 4.98. The predicted octanol–water partition coefficient (Wildman–Crippen LogP) is 3.92. The van der Waals surface area contributed by atoms with E-state index in [1.165, 1.54) is 0 Å². The molecule has 0 radical (unpaired) electrons. The molecule has 4 N–H and O–H groups in total. The van der Waals surface area contributed by atoms with Crippen molar-refractivity contribution in [2.24, 2.45) is 0 Å². The zero-order chi connectivity index (χ0) is 31.7. The number of hydrogen-bond acceptors (Lipinski definition) is 7. The molecule has 0 spiro atoms. The summed E-state index contributed by atoms with van der Waals surface area (Å²) < 4.78 is 10.6. The lowest BCUT2D eigenvalue weighted by molar-refractivity contribution is -0.145. The Hall–Kier alpha value is -4.70. The minimum Gasteiger partial charge on any atom is -0.461 e. The largest absolute Gasteiger partial charge is 0.461 e. The molecule has 2 atom stereocenters. The lowest BCUT2D eigenvalue weighted by Crippen LogP contribution is -2.54. The van der Waals surface area contributed by atoms with E-state index in [0.717, 1.165) is 35.1 Å². The fourth-order valence-electron chi connectivity index (χ4n) is 4.98. The van der Waals surface area contributed by atoms with Gasteiger partial charge in [-0.05, 0) is 54.4 Å². The Morgan fingerprint density at radius 2 is 1.33 bits per heavy atom. The monoisotopic (exact) mass is 614 g/mol. The van der Waals surface area contributed by atoms with E-state index >= 15 is 0 Å². The highest BCUT2D eigenvalue weighted by atomic mass is 16.5. The van der Waals surface area contributed by atoms with Crippen molar-refractivity contribution >= 4 is 23.9 Å². The highest BCUT2D eigenvalue weighted by Crippen LogP contribution is 2.16. The van der Waals surface area contributed by atoms with Gasteiger partial charge in [-0.2, -0.15) is 0 Å². The van der Waals surface area contributed by atoms with Gasteiger partial charge in [0.05, 0.1) is 6.04 Å². The molecule has 4 rings (SSSR count). The molecule has 0 saturated carbocycles. The van der Waals surface area contributed by atoms with Crippen LogP contribution in [0.2, 0.25) is 0 Å². The second-order valence-corrected chi connectivity index (χ2v) is 11.0. The molecule has 0 aliphatic carbocycles. The summed E-state index contributed by atoms with van der Waals surface area (Å²) in [5.74, 6) is -1.07. The maximum Gasteiger partial charge on any atom is 0.407 e. The maximum atomic E-state index is 13.2. The Morgan fingerprint density at radius 3 is 2.02 bits per heavy atom. The van der Waals surface area contributed by atoms with Crippen LogP contribution in [-0.4, -0.2) is 49.1 Å². The second-order valence-electron chi connectivity index (χ2n) is 11.0. The lowest BCUT2D eigenvalue weighted by Gasteiger charge is -2.27. The number of rotatable bonds is 16. The summed E-state index contributed by atoms with van der Waals surface area (Å²) in [4.78, 5) is 50.7. The molecule has 45 heavy (non-hydrogen) atoms. The van der Waals surface area contributed by atoms with Gasteiger partial charge < -0.3 is 30.7 Å². The van der Waals surface area contributed by atoms with Crippen molar-refractivity contribution < 1.29 is 28.7 Å². The highest BCUT2D eigenvalue weighted by molar-refractivity contribution is 5.90. The molecule has 10 nitrogen and oxygen atoms in total. The third-order valence-electron chi connectivity index (χ3n) is 7.55. The van der Waals surface area contributed by atoms with E-state index in [-0.39, 0.29) is 37.9 Å². The Morgan fingerprint density at radius 1 is 0.733 bits per heavy atom. The SMILES string of the molecule is O=C(CC[C@H](NC(=O)[C@@H]1Cc2ccccc2CN1)C(=O)NCCCCCNC(=O)OCc1ccccc1)OCc1ccccc1. The molecule has 3 aromatic carbocycles. The van der Waals surface area contributed by atoms with Gasteiger partial charge >= 0.3 is 12.1 Å². The summed E-state index contributed by atoms with van der Waals surface area (Å²) in [6, 6.07) is 25.4. The number of fused-ring (bicyclic) bond motifs is 1. The van der Waals surface area contributed by atoms with E-state index in [2.05, 4.69) is 21.3 Å². The van der Waals surface area contributed by atoms with Crippen molar-refractivity contribution in [1.29, 1.82) is 0 Å². The van der Waals surface area contributed by atoms with Crippen LogP contribution in [0.4, 0.5) is 4.79 Å². The maximum absolute atomic E-state index is 13.2. The molecule has 0 aromatic heterocycles. The molecule has 10 heteroatoms. The molecule has 0 fully saturated rings. The van der Waals surface area contributed by atoms with E-state index in [1.54, 1.807) is 0 Å². The third kappa shape index (κ3) is 11.7. The molecule has 0 saturated heterocycles. The van der Waals surface area contributed by atoms with Crippen LogP contribution < -0.4 is 21.3 Å². The number of nitrogens with one attached hydrogen (secondary N) is 4. The molecule has 3 amide bonds. The first-order valence-electron chi connectivity index (χ1n) is 15.5. The number of ether oxygens (including phenoxy) is 2. The van der Waals surface area contributed by atoms with Crippen LogP contribution in [0, 0.1) is 0 Å². The zero-order valence-corrected chi connectivity index (χ0v) is 25.5. The van der Waals surface area contributed by atoms with Crippen LogP contribution in [0.15, 0.2) is 84.9 Å². The van der Waals surface area contributed by atoms with Crippen molar-refractivity contribution in [2.45, 2.75) is 70.4 Å². The molecule has 238 valence electrons. The molecule has 1 heterocycles. The molecule has 3 aromatic rings. The van der Waals surface area contributed by atoms with Gasteiger partial charge in [0.2, 0.25) is 11.8 Å². The van der Waals surface area contributed by atoms with E-state index in [4.69, 9.17) is 9.47 Å². The number of unbranched alkanes of at least 4 members (excludes halogenated alkanes) is 2. The summed E-state index contributed by atoms with van der Waals surface area (Å²) in [6.45, 7) is 1.79. The fraction of sp³-hybridized carbons (Fsp3) is 0.371. The number of hydrogen-bond donors (Lipinski definition) is 4. The van der Waals surface area contributed by atoms with Crippen molar-refractivity contribution in [1.82, 2.24) is 21.3 Å². The molecule has 0 unspecified atom stereocenters. The average Bonchev–Trinajstić information content (AvgIpc) is 3.08. The second kappa shape index (κ2) is 18.2. The van der Waals surface area contributed by atoms with E-state index < -0.39 is 24.1 Å². The lowest BCUT2D eigenvalue weighted by atomic mass is 9.95. The number of esters is 1. The Kier molecular flexibility index (Phi) is 13.4. The Labute approximate surface area is 264 Å². The van der Waals surface area contributed by atoms with Gasteiger partial charge in [-0.15, -0.1) is 0 Å². The highest BCUT2D eigenvalue weighted by Gasteiger charge is 2.28. The van der Waals surface area contributed by atoms with E-state index in [0.29, 0.717) is 32.5 Å². The number of carbonyl (C=O) groups excluding carboxylic acids is 4. The average molecular weight is 615 g/mol. The molecule has 1 aliphatic rings. The smallest absolute Gasteiger partial charge is 0.407 e. The van der Waals surface area contributed by atoms with Crippen molar-refractivity contribution in [3.63, 3.8) is 0 Å². The van der Waals surface area contributed by atoms with Crippen LogP contribution in [0.1, 0.15) is 54.4 Å². The van der Waals surface area contributed by atoms with E-state index in [9.17, 15) is 19.2 Å². The number of benzene rings is 3. The van der Waals surface area contributed by atoms with Gasteiger partial charge in [0.15, 0.2) is 0 Å². The first-order chi connectivity index (χ1) is 22.0. The first kappa shape index (κ1) is 33.2. The standard InChI is InChI=1S/C35H42N4O6/c40-32(44-24-26-12-4-1-5-13-26)19-18-30(39-34(42)31-22-28-16-8-9-17-29(28)23-38-31)33(41)36-20-10-3-11-21-37-35(43)45-25-27-14-6-2-7-15-27/h1-2,4-9,12-17,30-31,38H,3,10-11,18-25H2,(H,36,41)(H,37,43)(H,39,42)/t30-,31-/m0/s1. The van der Waals surface area contributed by atoms with Crippen molar-refractivity contribution in [2.75, 3.05) is 13.1 Å². The number of amides is 3. The summed E-state index contributed by atoms with van der Waals surface area (Å²) in [5, 5.41) is 11.7.